The second-order valence-corrected chi connectivity index (χ2v) is 12.9. The molecule has 2 aliphatic rings. The van der Waals surface area contributed by atoms with Crippen LogP contribution in [0.25, 0.3) is 0 Å². The van der Waals surface area contributed by atoms with Gasteiger partial charge in [0, 0.05) is 30.3 Å². The summed E-state index contributed by atoms with van der Waals surface area (Å²) in [5.41, 5.74) is 7.80. The number of aromatic nitrogens is 1. The van der Waals surface area contributed by atoms with Crippen LogP contribution in [0.2, 0.25) is 0 Å². The molecule has 3 rings (SSSR count). The Balaban J connectivity index is 1.52. The Morgan fingerprint density at radius 3 is 2.90 bits per heavy atom. The van der Waals surface area contributed by atoms with Crippen molar-refractivity contribution in [2.45, 2.75) is 52.5 Å². The topological polar surface area (TPSA) is 135 Å². The first-order valence-electron chi connectivity index (χ1n) is 9.59. The maximum Gasteiger partial charge on any atom is 0.407 e. The van der Waals surface area contributed by atoms with Crippen molar-refractivity contribution < 1.29 is 24.2 Å². The number of β-lactam (4-membered cyclic amide) rings is 1. The molecule has 9 nitrogen and oxygen atoms in total. The van der Waals surface area contributed by atoms with Crippen LogP contribution in [0.1, 0.15) is 26.5 Å². The van der Waals surface area contributed by atoms with Gasteiger partial charge in [-0.25, -0.2) is 9.78 Å². The zero-order chi connectivity index (χ0) is 22.8. The lowest BCUT2D eigenvalue weighted by Crippen LogP contribution is -2.73. The second-order valence-electron chi connectivity index (χ2n) is 8.16. The molecule has 0 bridgehead atoms. The number of carbonyl (C=O) groups excluding carboxylic acids is 2. The van der Waals surface area contributed by atoms with E-state index in [1.807, 2.05) is 20.8 Å². The number of carbonyl (C=O) groups is 3. The van der Waals surface area contributed by atoms with E-state index in [4.69, 9.17) is 10.5 Å². The van der Waals surface area contributed by atoms with Gasteiger partial charge in [-0.1, -0.05) is 11.8 Å². The standard InChI is InChI=1S/C18H26N4O5S4/c1-17(2,3)27-16(26)20-4-5-28-6-10-14(30-9-21-10)31-18(15(24)25)7-22-12(23)11(19)13(22)29-8-18/h9,11,13H,4-8,19H2,1-3H3,(H,20,26)(H,24,25)/t11-,13-,18?/m1/s1. The minimum Gasteiger partial charge on any atom is -0.480 e. The van der Waals surface area contributed by atoms with Gasteiger partial charge in [0.05, 0.1) is 15.4 Å². The third kappa shape index (κ3) is 5.81. The molecule has 13 heteroatoms. The molecular weight excluding hydrogens is 480 g/mol. The van der Waals surface area contributed by atoms with Gasteiger partial charge in [-0.2, -0.15) is 11.8 Å². The van der Waals surface area contributed by atoms with E-state index < -0.39 is 28.5 Å². The van der Waals surface area contributed by atoms with Crippen molar-refractivity contribution in [1.29, 1.82) is 0 Å². The Morgan fingerprint density at radius 1 is 1.48 bits per heavy atom. The average molecular weight is 507 g/mol. The van der Waals surface area contributed by atoms with Crippen LogP contribution in [-0.4, -0.2) is 79.3 Å². The number of carboxylic acids is 1. The fourth-order valence-electron chi connectivity index (χ4n) is 3.01. The molecule has 31 heavy (non-hydrogen) atoms. The molecule has 3 heterocycles. The van der Waals surface area contributed by atoms with E-state index >= 15 is 0 Å². The highest BCUT2D eigenvalue weighted by molar-refractivity contribution is 8.06. The number of rotatable bonds is 8. The number of nitrogens with zero attached hydrogens (tertiary/aromatic N) is 2. The summed E-state index contributed by atoms with van der Waals surface area (Å²) in [6, 6.07) is -0.536. The molecule has 0 aromatic carbocycles. The van der Waals surface area contributed by atoms with Crippen molar-refractivity contribution in [2.24, 2.45) is 5.73 Å². The van der Waals surface area contributed by atoms with Crippen LogP contribution < -0.4 is 11.1 Å². The van der Waals surface area contributed by atoms with Crippen molar-refractivity contribution >= 4 is 64.6 Å². The third-order valence-corrected chi connectivity index (χ3v) is 9.69. The van der Waals surface area contributed by atoms with E-state index in [0.717, 1.165) is 9.90 Å². The van der Waals surface area contributed by atoms with E-state index in [9.17, 15) is 19.5 Å². The number of aliphatic carboxylic acids is 1. The SMILES string of the molecule is CC(C)(C)OC(=O)NCCSCc1ncsc1SC1(C(=O)O)CS[C@@H]2[C@H](N)C(=O)N2C1. The van der Waals surface area contributed by atoms with E-state index in [2.05, 4.69) is 10.3 Å². The zero-order valence-electron chi connectivity index (χ0n) is 17.5. The van der Waals surface area contributed by atoms with Gasteiger partial charge in [-0.05, 0) is 20.8 Å². The number of fused-ring (bicyclic) bond motifs is 1. The highest BCUT2D eigenvalue weighted by atomic mass is 32.2. The molecule has 0 saturated carbocycles. The maximum atomic E-state index is 12.2. The smallest absolute Gasteiger partial charge is 0.407 e. The largest absolute Gasteiger partial charge is 0.480 e. The molecular formula is C18H26N4O5S4. The summed E-state index contributed by atoms with van der Waals surface area (Å²) in [5.74, 6) is 0.509. The van der Waals surface area contributed by atoms with Crippen LogP contribution in [0.3, 0.4) is 0 Å². The molecule has 1 aromatic heterocycles. The first-order chi connectivity index (χ1) is 14.5. The number of carboxylic acid groups (broad SMARTS) is 1. The van der Waals surface area contributed by atoms with E-state index in [1.54, 1.807) is 22.2 Å². The first kappa shape index (κ1) is 24.5. The van der Waals surface area contributed by atoms with Gasteiger partial charge in [0.25, 0.3) is 0 Å². The van der Waals surface area contributed by atoms with Crippen LogP contribution in [0, 0.1) is 0 Å². The van der Waals surface area contributed by atoms with Crippen LogP contribution in [0.4, 0.5) is 4.79 Å². The zero-order valence-corrected chi connectivity index (χ0v) is 20.7. The number of thiazole rings is 1. The van der Waals surface area contributed by atoms with E-state index in [0.29, 0.717) is 23.8 Å². The average Bonchev–Trinajstić information content (AvgIpc) is 3.12. The molecule has 1 unspecified atom stereocenters. The fraction of sp³-hybridized carbons (Fsp3) is 0.667. The minimum absolute atomic E-state index is 0.130. The molecule has 2 saturated heterocycles. The van der Waals surface area contributed by atoms with Crippen LogP contribution in [0.15, 0.2) is 9.72 Å². The summed E-state index contributed by atoms with van der Waals surface area (Å²) in [4.78, 5) is 41.8. The lowest BCUT2D eigenvalue weighted by Gasteiger charge is -2.52. The second kappa shape index (κ2) is 9.77. The number of ether oxygens (including phenoxy) is 1. The quantitative estimate of drug-likeness (QED) is 0.355. The highest BCUT2D eigenvalue weighted by Gasteiger charge is 2.56. The molecule has 4 N–H and O–H groups in total. The lowest BCUT2D eigenvalue weighted by atomic mass is 10.0. The minimum atomic E-state index is -1.12. The van der Waals surface area contributed by atoms with Gasteiger partial charge < -0.3 is 25.8 Å². The Kier molecular flexibility index (Phi) is 7.72. The number of nitrogens with two attached hydrogens (primary N) is 1. The number of thioether (sulfide) groups is 3. The Hall–Kier alpha value is -1.15. The van der Waals surface area contributed by atoms with Crippen molar-refractivity contribution in [3.05, 3.63) is 11.2 Å². The summed E-state index contributed by atoms with van der Waals surface area (Å²) in [7, 11) is 0. The van der Waals surface area contributed by atoms with Crippen LogP contribution in [-0.2, 0) is 20.1 Å². The lowest BCUT2D eigenvalue weighted by molar-refractivity contribution is -0.148. The Morgan fingerprint density at radius 2 is 2.23 bits per heavy atom. The highest BCUT2D eigenvalue weighted by Crippen LogP contribution is 2.47. The molecule has 0 spiro atoms. The summed E-state index contributed by atoms with van der Waals surface area (Å²) in [6.45, 7) is 6.03. The van der Waals surface area contributed by atoms with Crippen LogP contribution in [0.5, 0.6) is 0 Å². The molecule has 2 amide bonds. The Labute approximate surface area is 197 Å². The van der Waals surface area contributed by atoms with Crippen LogP contribution >= 0.6 is 46.6 Å². The van der Waals surface area contributed by atoms with Crippen molar-refractivity contribution in [3.8, 4) is 0 Å². The van der Waals surface area contributed by atoms with Crippen molar-refractivity contribution in [1.82, 2.24) is 15.2 Å². The predicted molar refractivity (Wildman–Crippen MR) is 125 cm³/mol. The predicted octanol–water partition coefficient (Wildman–Crippen LogP) is 2.06. The van der Waals surface area contributed by atoms with Gasteiger partial charge in [-0.3, -0.25) is 9.59 Å². The number of hydrogen-bond acceptors (Lipinski definition) is 10. The number of hydrogen-bond donors (Lipinski definition) is 3. The molecule has 172 valence electrons. The van der Waals surface area contributed by atoms with E-state index in [-0.39, 0.29) is 17.8 Å². The number of nitrogens with one attached hydrogen (secondary N) is 1. The normalized spacial score (nSPS) is 25.5. The molecule has 1 aromatic rings. The van der Waals surface area contributed by atoms with Gasteiger partial charge in [0.15, 0.2) is 0 Å². The maximum absolute atomic E-state index is 12.2. The first-order valence-corrected chi connectivity index (χ1v) is 13.5. The molecule has 2 aliphatic heterocycles. The van der Waals surface area contributed by atoms with Gasteiger partial charge in [-0.15, -0.1) is 23.1 Å². The number of alkyl carbamates (subject to hydrolysis) is 1. The summed E-state index contributed by atoms with van der Waals surface area (Å²) in [5, 5.41) is 12.5. The third-order valence-electron chi connectivity index (χ3n) is 4.53. The van der Waals surface area contributed by atoms with Gasteiger partial charge >= 0.3 is 12.1 Å². The van der Waals surface area contributed by atoms with Gasteiger partial charge in [0.2, 0.25) is 5.91 Å². The van der Waals surface area contributed by atoms with Crippen molar-refractivity contribution in [3.63, 3.8) is 0 Å². The molecule has 0 radical (unpaired) electrons. The number of amides is 2. The molecule has 3 atom stereocenters. The monoisotopic (exact) mass is 506 g/mol. The van der Waals surface area contributed by atoms with Gasteiger partial charge in [0.1, 0.15) is 21.8 Å². The molecule has 2 fully saturated rings. The summed E-state index contributed by atoms with van der Waals surface area (Å²) >= 11 is 5.69. The molecule has 0 aliphatic carbocycles. The fourth-order valence-corrected chi connectivity index (χ4v) is 8.00. The summed E-state index contributed by atoms with van der Waals surface area (Å²) in [6.07, 6.45) is -0.449. The summed E-state index contributed by atoms with van der Waals surface area (Å²) < 4.78 is 4.91. The van der Waals surface area contributed by atoms with E-state index in [1.165, 1.54) is 34.9 Å². The Bertz CT molecular complexity index is 845. The van der Waals surface area contributed by atoms with Crippen molar-refractivity contribution in [2.75, 3.05) is 24.6 Å².